The zero-order chi connectivity index (χ0) is 24.9. The number of ether oxygens (including phenoxy) is 1. The van der Waals surface area contributed by atoms with Crippen LogP contribution in [0.5, 0.6) is 5.75 Å². The molecule has 1 heterocycles. The van der Waals surface area contributed by atoms with Crippen LogP contribution in [0.4, 0.5) is 5.69 Å². The molecule has 35 heavy (non-hydrogen) atoms. The number of nitrogen functional groups attached to an aromatic ring is 1. The lowest BCUT2D eigenvalue weighted by Crippen LogP contribution is -2.20. The molecule has 3 N–H and O–H groups in total. The molecule has 0 unspecified atom stereocenters. The number of benzene rings is 3. The number of rotatable bonds is 7. The molecule has 178 valence electrons. The molecule has 0 fully saturated rings. The average Bonchev–Trinajstić information content (AvgIpc) is 2.83. The third-order valence-corrected chi connectivity index (χ3v) is 6.39. The van der Waals surface area contributed by atoms with Gasteiger partial charge in [-0.3, -0.25) is 4.79 Å². The van der Waals surface area contributed by atoms with Gasteiger partial charge in [0.2, 0.25) is 5.91 Å². The first-order chi connectivity index (χ1) is 16.8. The van der Waals surface area contributed by atoms with E-state index in [2.05, 4.69) is 10.3 Å². The zero-order valence-electron chi connectivity index (χ0n) is 19.4. The number of fused-ring (bicyclic) bond motifs is 1. The summed E-state index contributed by atoms with van der Waals surface area (Å²) < 4.78 is 6.09. The maximum atomic E-state index is 12.5. The molecule has 0 radical (unpaired) electrons. The predicted octanol–water partition coefficient (Wildman–Crippen LogP) is 6.73. The van der Waals surface area contributed by atoms with Gasteiger partial charge in [0.15, 0.2) is 0 Å². The van der Waals surface area contributed by atoms with Crippen LogP contribution in [0.25, 0.3) is 16.5 Å². The minimum absolute atomic E-state index is 0.164. The first-order valence-electron chi connectivity index (χ1n) is 11.1. The number of pyridine rings is 1. The van der Waals surface area contributed by atoms with Gasteiger partial charge in [-0.05, 0) is 60.9 Å². The van der Waals surface area contributed by atoms with Crippen molar-refractivity contribution in [2.75, 3.05) is 5.73 Å². The topological polar surface area (TPSA) is 77.2 Å². The molecule has 3 aromatic carbocycles. The van der Waals surface area contributed by atoms with Crippen LogP contribution in [0.2, 0.25) is 10.0 Å². The fraction of sp³-hybridized carbons (Fsp3) is 0.143. The summed E-state index contributed by atoms with van der Waals surface area (Å²) >= 11 is 13.2. The molecule has 0 saturated carbocycles. The van der Waals surface area contributed by atoms with Crippen LogP contribution in [0, 0.1) is 6.92 Å². The van der Waals surface area contributed by atoms with Crippen LogP contribution < -0.4 is 15.8 Å². The number of allylic oxidation sites excluding steroid dienone is 1. The number of nitrogens with two attached hydrogens (primary N) is 1. The van der Waals surface area contributed by atoms with Crippen molar-refractivity contribution in [3.05, 3.63) is 105 Å². The highest BCUT2D eigenvalue weighted by Crippen LogP contribution is 2.34. The van der Waals surface area contributed by atoms with Gasteiger partial charge in [-0.15, -0.1) is 0 Å². The first kappa shape index (κ1) is 24.6. The van der Waals surface area contributed by atoms with Crippen LogP contribution in [-0.4, -0.2) is 10.9 Å². The third kappa shape index (κ3) is 5.94. The number of nitrogens with zero attached hydrogens (tertiary/aromatic N) is 1. The minimum atomic E-state index is -0.222. The second-order valence-electron chi connectivity index (χ2n) is 8.24. The second kappa shape index (κ2) is 10.8. The van der Waals surface area contributed by atoms with Crippen molar-refractivity contribution in [1.29, 1.82) is 0 Å². The normalized spacial score (nSPS) is 11.5. The van der Waals surface area contributed by atoms with E-state index in [9.17, 15) is 4.79 Å². The Hall–Kier alpha value is -3.54. The van der Waals surface area contributed by atoms with Crippen LogP contribution in [0.3, 0.4) is 0 Å². The summed E-state index contributed by atoms with van der Waals surface area (Å²) in [5.74, 6) is 0.429. The molecule has 0 saturated heterocycles. The first-order valence-corrected chi connectivity index (χ1v) is 11.8. The van der Waals surface area contributed by atoms with Gasteiger partial charge in [-0.1, -0.05) is 59.6 Å². The standard InChI is InChI=1S/C28H25Cl2N3O2/c1-17(14-26(34)32-15-19-7-10-21(31)11-8-19)22-12-13-24(29)23(27(22)30)16-35-25-5-3-4-20-9-6-18(2)33-28(20)25/h3-14H,15-16,31H2,1-2H3,(H,32,34)/b17-14-. The molecule has 0 atom stereocenters. The van der Waals surface area contributed by atoms with Crippen molar-refractivity contribution in [2.45, 2.75) is 27.0 Å². The van der Waals surface area contributed by atoms with Crippen LogP contribution in [-0.2, 0) is 17.9 Å². The number of amides is 1. The molecule has 0 aliphatic rings. The van der Waals surface area contributed by atoms with Crippen LogP contribution in [0.1, 0.15) is 29.3 Å². The zero-order valence-corrected chi connectivity index (χ0v) is 21.0. The fourth-order valence-corrected chi connectivity index (χ4v) is 4.30. The highest BCUT2D eigenvalue weighted by molar-refractivity contribution is 6.37. The maximum absolute atomic E-state index is 12.5. The van der Waals surface area contributed by atoms with Crippen LogP contribution in [0.15, 0.2) is 72.8 Å². The summed E-state index contributed by atoms with van der Waals surface area (Å²) in [5.41, 5.74) is 11.1. The molecule has 1 aromatic heterocycles. The smallest absolute Gasteiger partial charge is 0.244 e. The molecule has 7 heteroatoms. The maximum Gasteiger partial charge on any atom is 0.244 e. The monoisotopic (exact) mass is 505 g/mol. The molecule has 0 spiro atoms. The Morgan fingerprint density at radius 2 is 1.83 bits per heavy atom. The van der Waals surface area contributed by atoms with E-state index in [1.165, 1.54) is 6.08 Å². The summed E-state index contributed by atoms with van der Waals surface area (Å²) in [5, 5.41) is 4.80. The lowest BCUT2D eigenvalue weighted by molar-refractivity contribution is -0.116. The number of aryl methyl sites for hydroxylation is 1. The van der Waals surface area contributed by atoms with Crippen LogP contribution >= 0.6 is 23.2 Å². The number of anilines is 1. The van der Waals surface area contributed by atoms with E-state index in [1.807, 2.05) is 56.3 Å². The number of hydrogen-bond acceptors (Lipinski definition) is 4. The van der Waals surface area contributed by atoms with E-state index < -0.39 is 0 Å². The van der Waals surface area contributed by atoms with Gasteiger partial charge < -0.3 is 15.8 Å². The van der Waals surface area contributed by atoms with Gasteiger partial charge in [0.05, 0.1) is 5.02 Å². The number of nitrogens with one attached hydrogen (secondary N) is 1. The van der Waals surface area contributed by atoms with Gasteiger partial charge in [-0.25, -0.2) is 4.98 Å². The molecular formula is C28H25Cl2N3O2. The summed E-state index contributed by atoms with van der Waals surface area (Å²) in [6, 6.07) is 20.7. The van der Waals surface area contributed by atoms with E-state index >= 15 is 0 Å². The number of carbonyl (C=O) groups is 1. The van der Waals surface area contributed by atoms with Crippen molar-refractivity contribution < 1.29 is 9.53 Å². The van der Waals surface area contributed by atoms with Gasteiger partial charge in [-0.2, -0.15) is 0 Å². The van der Waals surface area contributed by atoms with E-state index in [-0.39, 0.29) is 12.5 Å². The van der Waals surface area contributed by atoms with Crippen molar-refractivity contribution in [3.63, 3.8) is 0 Å². The lowest BCUT2D eigenvalue weighted by Gasteiger charge is -2.14. The molecule has 0 bridgehead atoms. The molecular weight excluding hydrogens is 481 g/mol. The quantitative estimate of drug-likeness (QED) is 0.215. The summed E-state index contributed by atoms with van der Waals surface area (Å²) in [7, 11) is 0. The van der Waals surface area contributed by atoms with Gasteiger partial charge in [0.1, 0.15) is 17.9 Å². The molecule has 4 aromatic rings. The SMILES string of the molecule is C/C(=C/C(=O)NCc1ccc(N)cc1)c1ccc(Cl)c(COc2cccc3ccc(C)nc23)c1Cl. The summed E-state index contributed by atoms with van der Waals surface area (Å²) in [6.07, 6.45) is 1.52. The van der Waals surface area contributed by atoms with E-state index in [1.54, 1.807) is 24.3 Å². The van der Waals surface area contributed by atoms with Crippen molar-refractivity contribution in [1.82, 2.24) is 10.3 Å². The number of hydrogen-bond donors (Lipinski definition) is 2. The summed E-state index contributed by atoms with van der Waals surface area (Å²) in [4.78, 5) is 17.1. The highest BCUT2D eigenvalue weighted by Gasteiger charge is 2.14. The lowest BCUT2D eigenvalue weighted by atomic mass is 10.0. The predicted molar refractivity (Wildman–Crippen MR) is 144 cm³/mol. The Labute approximate surface area is 214 Å². The largest absolute Gasteiger partial charge is 0.487 e. The Bertz CT molecular complexity index is 1420. The average molecular weight is 506 g/mol. The van der Waals surface area contributed by atoms with Crippen molar-refractivity contribution >= 4 is 51.3 Å². The number of halogens is 2. The summed E-state index contributed by atoms with van der Waals surface area (Å²) in [6.45, 7) is 4.33. The van der Waals surface area contributed by atoms with Crippen molar-refractivity contribution in [3.8, 4) is 5.75 Å². The Kier molecular flexibility index (Phi) is 7.59. The van der Waals surface area contributed by atoms with Gasteiger partial charge >= 0.3 is 0 Å². The van der Waals surface area contributed by atoms with Gasteiger partial charge in [0.25, 0.3) is 0 Å². The van der Waals surface area contributed by atoms with E-state index in [4.69, 9.17) is 33.7 Å². The Morgan fingerprint density at radius 1 is 1.06 bits per heavy atom. The molecule has 5 nitrogen and oxygen atoms in total. The molecule has 4 rings (SSSR count). The molecule has 0 aliphatic carbocycles. The number of para-hydroxylation sites is 1. The molecule has 1 amide bonds. The Morgan fingerprint density at radius 3 is 2.60 bits per heavy atom. The highest BCUT2D eigenvalue weighted by atomic mass is 35.5. The minimum Gasteiger partial charge on any atom is -0.487 e. The fourth-order valence-electron chi connectivity index (χ4n) is 3.67. The number of carbonyl (C=O) groups excluding carboxylic acids is 1. The third-order valence-electron chi connectivity index (χ3n) is 5.60. The van der Waals surface area contributed by atoms with Crippen molar-refractivity contribution in [2.24, 2.45) is 0 Å². The van der Waals surface area contributed by atoms with E-state index in [0.717, 1.165) is 22.2 Å². The Balaban J connectivity index is 1.50. The molecule has 0 aliphatic heterocycles. The van der Waals surface area contributed by atoms with Gasteiger partial charge in [0, 0.05) is 40.0 Å². The number of aromatic nitrogens is 1. The second-order valence-corrected chi connectivity index (χ2v) is 9.03. The van der Waals surface area contributed by atoms with E-state index in [0.29, 0.717) is 44.7 Å².